The molecule has 1 aromatic rings. The Labute approximate surface area is 97.1 Å². The van der Waals surface area contributed by atoms with Crippen LogP contribution in [0.25, 0.3) is 0 Å². The van der Waals surface area contributed by atoms with Crippen molar-refractivity contribution in [3.05, 3.63) is 28.5 Å². The van der Waals surface area contributed by atoms with E-state index in [1.54, 1.807) is 6.20 Å². The fraction of sp³-hybridized carbons (Fsp3) is 0.583. The second-order valence-corrected chi connectivity index (χ2v) is 4.72. The standard InChI is InChI=1S/C12H19ClN2/c1-8(2)11-10(7-15-9(3)4)5-6-14-12(11)13/h5-6,8-9,15H,7H2,1-4H3. The van der Waals surface area contributed by atoms with Crippen molar-refractivity contribution >= 4 is 11.6 Å². The highest BCUT2D eigenvalue weighted by molar-refractivity contribution is 6.30. The number of halogens is 1. The van der Waals surface area contributed by atoms with E-state index in [0.29, 0.717) is 17.1 Å². The van der Waals surface area contributed by atoms with Gasteiger partial charge in [0, 0.05) is 18.8 Å². The van der Waals surface area contributed by atoms with E-state index < -0.39 is 0 Å². The number of aromatic nitrogens is 1. The van der Waals surface area contributed by atoms with Gasteiger partial charge in [-0.3, -0.25) is 0 Å². The molecular formula is C12H19ClN2. The van der Waals surface area contributed by atoms with Crippen LogP contribution < -0.4 is 5.32 Å². The minimum absolute atomic E-state index is 0.412. The van der Waals surface area contributed by atoms with Crippen LogP contribution >= 0.6 is 11.6 Å². The van der Waals surface area contributed by atoms with Crippen molar-refractivity contribution in [1.29, 1.82) is 0 Å². The van der Waals surface area contributed by atoms with Crippen molar-refractivity contribution < 1.29 is 0 Å². The van der Waals surface area contributed by atoms with Crippen molar-refractivity contribution in [3.63, 3.8) is 0 Å². The second kappa shape index (κ2) is 5.47. The molecule has 84 valence electrons. The summed E-state index contributed by atoms with van der Waals surface area (Å²) in [5, 5.41) is 4.03. The van der Waals surface area contributed by atoms with E-state index >= 15 is 0 Å². The van der Waals surface area contributed by atoms with Crippen LogP contribution in [0.2, 0.25) is 5.15 Å². The van der Waals surface area contributed by atoms with Crippen LogP contribution in [0.5, 0.6) is 0 Å². The average molecular weight is 227 g/mol. The van der Waals surface area contributed by atoms with Crippen LogP contribution in [-0.4, -0.2) is 11.0 Å². The van der Waals surface area contributed by atoms with Gasteiger partial charge in [-0.05, 0) is 23.1 Å². The molecule has 0 saturated carbocycles. The molecule has 0 atom stereocenters. The van der Waals surface area contributed by atoms with Gasteiger partial charge in [0.25, 0.3) is 0 Å². The molecule has 0 aromatic carbocycles. The zero-order chi connectivity index (χ0) is 11.4. The molecule has 1 N–H and O–H groups in total. The third-order valence-electron chi connectivity index (χ3n) is 2.31. The van der Waals surface area contributed by atoms with E-state index in [1.165, 1.54) is 5.56 Å². The van der Waals surface area contributed by atoms with Gasteiger partial charge in [-0.2, -0.15) is 0 Å². The summed E-state index contributed by atoms with van der Waals surface area (Å²) in [5.74, 6) is 0.412. The van der Waals surface area contributed by atoms with E-state index in [1.807, 2.05) is 6.07 Å². The SMILES string of the molecule is CC(C)NCc1ccnc(Cl)c1C(C)C. The van der Waals surface area contributed by atoms with Crippen LogP contribution in [0.3, 0.4) is 0 Å². The van der Waals surface area contributed by atoms with Gasteiger partial charge in [0.1, 0.15) is 5.15 Å². The average Bonchev–Trinajstić information content (AvgIpc) is 2.13. The monoisotopic (exact) mass is 226 g/mol. The molecule has 0 spiro atoms. The molecular weight excluding hydrogens is 208 g/mol. The van der Waals surface area contributed by atoms with Gasteiger partial charge in [-0.1, -0.05) is 39.3 Å². The molecule has 0 saturated heterocycles. The molecule has 15 heavy (non-hydrogen) atoms. The van der Waals surface area contributed by atoms with Crippen molar-refractivity contribution in [2.75, 3.05) is 0 Å². The van der Waals surface area contributed by atoms with Crippen molar-refractivity contribution in [3.8, 4) is 0 Å². The van der Waals surface area contributed by atoms with Gasteiger partial charge in [0.05, 0.1) is 0 Å². The minimum atomic E-state index is 0.412. The first-order chi connectivity index (χ1) is 7.02. The van der Waals surface area contributed by atoms with E-state index in [0.717, 1.165) is 12.1 Å². The number of hydrogen-bond donors (Lipinski definition) is 1. The molecule has 0 amide bonds. The van der Waals surface area contributed by atoms with Crippen molar-refractivity contribution in [2.45, 2.75) is 46.2 Å². The Kier molecular flexibility index (Phi) is 4.55. The zero-order valence-corrected chi connectivity index (χ0v) is 10.6. The lowest BCUT2D eigenvalue weighted by atomic mass is 9.99. The molecule has 3 heteroatoms. The lowest BCUT2D eigenvalue weighted by molar-refractivity contribution is 0.584. The lowest BCUT2D eigenvalue weighted by Crippen LogP contribution is -2.22. The van der Waals surface area contributed by atoms with Gasteiger partial charge in [0.15, 0.2) is 0 Å². The van der Waals surface area contributed by atoms with E-state index in [4.69, 9.17) is 11.6 Å². The molecule has 1 aromatic heterocycles. The predicted molar refractivity (Wildman–Crippen MR) is 65.3 cm³/mol. The van der Waals surface area contributed by atoms with Crippen LogP contribution in [0.15, 0.2) is 12.3 Å². The number of hydrogen-bond acceptors (Lipinski definition) is 2. The van der Waals surface area contributed by atoms with Crippen LogP contribution in [-0.2, 0) is 6.54 Å². The highest BCUT2D eigenvalue weighted by Crippen LogP contribution is 2.25. The fourth-order valence-electron chi connectivity index (χ4n) is 1.56. The number of pyridine rings is 1. The van der Waals surface area contributed by atoms with E-state index in [-0.39, 0.29) is 0 Å². The normalized spacial score (nSPS) is 11.4. The highest BCUT2D eigenvalue weighted by Gasteiger charge is 2.11. The van der Waals surface area contributed by atoms with Crippen molar-refractivity contribution in [1.82, 2.24) is 10.3 Å². The molecule has 2 nitrogen and oxygen atoms in total. The summed E-state index contributed by atoms with van der Waals surface area (Å²) in [6.07, 6.45) is 1.77. The van der Waals surface area contributed by atoms with Gasteiger partial charge >= 0.3 is 0 Å². The molecule has 0 aliphatic heterocycles. The summed E-state index contributed by atoms with van der Waals surface area (Å²) in [6, 6.07) is 2.52. The second-order valence-electron chi connectivity index (χ2n) is 4.36. The van der Waals surface area contributed by atoms with E-state index in [9.17, 15) is 0 Å². The minimum Gasteiger partial charge on any atom is -0.310 e. The van der Waals surface area contributed by atoms with Crippen LogP contribution in [0, 0.1) is 0 Å². The number of nitrogens with zero attached hydrogens (tertiary/aromatic N) is 1. The molecule has 0 bridgehead atoms. The van der Waals surface area contributed by atoms with Gasteiger partial charge in [-0.25, -0.2) is 4.98 Å². The Balaban J connectivity index is 2.91. The summed E-state index contributed by atoms with van der Waals surface area (Å²) in [6.45, 7) is 9.41. The summed E-state index contributed by atoms with van der Waals surface area (Å²) in [5.41, 5.74) is 2.41. The van der Waals surface area contributed by atoms with Crippen LogP contribution in [0.1, 0.15) is 44.7 Å². The summed E-state index contributed by atoms with van der Waals surface area (Å²) in [4.78, 5) is 4.13. The van der Waals surface area contributed by atoms with Gasteiger partial charge in [-0.15, -0.1) is 0 Å². The fourth-order valence-corrected chi connectivity index (χ4v) is 1.96. The van der Waals surface area contributed by atoms with Gasteiger partial charge in [0.2, 0.25) is 0 Å². The zero-order valence-electron chi connectivity index (χ0n) is 9.84. The van der Waals surface area contributed by atoms with Crippen LogP contribution in [0.4, 0.5) is 0 Å². The Hall–Kier alpha value is -0.600. The van der Waals surface area contributed by atoms with E-state index in [2.05, 4.69) is 38.0 Å². The maximum absolute atomic E-state index is 6.10. The topological polar surface area (TPSA) is 24.9 Å². The molecule has 0 fully saturated rings. The third kappa shape index (κ3) is 3.47. The Morgan fingerprint density at radius 1 is 1.33 bits per heavy atom. The first-order valence-electron chi connectivity index (χ1n) is 5.39. The van der Waals surface area contributed by atoms with Gasteiger partial charge < -0.3 is 5.32 Å². The number of nitrogens with one attached hydrogen (secondary N) is 1. The molecule has 0 aliphatic rings. The molecule has 0 unspecified atom stereocenters. The predicted octanol–water partition coefficient (Wildman–Crippen LogP) is 3.36. The maximum Gasteiger partial charge on any atom is 0.132 e. The first kappa shape index (κ1) is 12.5. The summed E-state index contributed by atoms with van der Waals surface area (Å²) < 4.78 is 0. The molecule has 0 radical (unpaired) electrons. The quantitative estimate of drug-likeness (QED) is 0.797. The molecule has 1 heterocycles. The summed E-state index contributed by atoms with van der Waals surface area (Å²) in [7, 11) is 0. The molecule has 0 aliphatic carbocycles. The summed E-state index contributed by atoms with van der Waals surface area (Å²) >= 11 is 6.10. The lowest BCUT2D eigenvalue weighted by Gasteiger charge is -2.15. The van der Waals surface area contributed by atoms with Crippen molar-refractivity contribution in [2.24, 2.45) is 0 Å². The highest BCUT2D eigenvalue weighted by atomic mass is 35.5. The largest absolute Gasteiger partial charge is 0.310 e. The Morgan fingerprint density at radius 2 is 2.00 bits per heavy atom. The molecule has 1 rings (SSSR count). The third-order valence-corrected chi connectivity index (χ3v) is 2.61. The number of rotatable bonds is 4. The first-order valence-corrected chi connectivity index (χ1v) is 5.76. The Morgan fingerprint density at radius 3 is 2.53 bits per heavy atom. The smallest absolute Gasteiger partial charge is 0.132 e. The Bertz CT molecular complexity index is 321. The maximum atomic E-state index is 6.10.